The summed E-state index contributed by atoms with van der Waals surface area (Å²) in [5.74, 6) is 0.340. The molecule has 0 saturated carbocycles. The summed E-state index contributed by atoms with van der Waals surface area (Å²) in [4.78, 5) is 12.2. The van der Waals surface area contributed by atoms with E-state index in [1.165, 1.54) is 12.1 Å². The first-order chi connectivity index (χ1) is 11.3. The third-order valence-electron chi connectivity index (χ3n) is 3.33. The molecule has 24 heavy (non-hydrogen) atoms. The maximum absolute atomic E-state index is 12.7. The first kappa shape index (κ1) is 16.6. The van der Waals surface area contributed by atoms with Crippen molar-refractivity contribution in [3.05, 3.63) is 52.0 Å². The van der Waals surface area contributed by atoms with Gasteiger partial charge in [-0.15, -0.1) is 0 Å². The van der Waals surface area contributed by atoms with Crippen LogP contribution in [-0.4, -0.2) is 19.1 Å². The highest BCUT2D eigenvalue weighted by atomic mass is 79.9. The van der Waals surface area contributed by atoms with E-state index in [-0.39, 0.29) is 5.56 Å². The summed E-state index contributed by atoms with van der Waals surface area (Å²) in [6.07, 6.45) is -4.51. The first-order valence-corrected chi connectivity index (χ1v) is 7.71. The number of fused-ring (bicyclic) bond motifs is 1. The highest BCUT2D eigenvalue weighted by molar-refractivity contribution is 9.10. The minimum atomic E-state index is -4.51. The Morgan fingerprint density at radius 3 is 2.42 bits per heavy atom. The zero-order valence-electron chi connectivity index (χ0n) is 12.1. The smallest absolute Gasteiger partial charge is 0.416 e. The summed E-state index contributed by atoms with van der Waals surface area (Å²) >= 11 is 3.29. The van der Waals surface area contributed by atoms with Crippen LogP contribution in [0.25, 0.3) is 0 Å². The maximum Gasteiger partial charge on any atom is 0.416 e. The van der Waals surface area contributed by atoms with Gasteiger partial charge in [0.1, 0.15) is 13.2 Å². The van der Waals surface area contributed by atoms with Crippen molar-refractivity contribution >= 4 is 27.5 Å². The average molecular weight is 402 g/mol. The molecule has 0 atom stereocenters. The van der Waals surface area contributed by atoms with Crippen molar-refractivity contribution in [2.24, 2.45) is 0 Å². The van der Waals surface area contributed by atoms with Gasteiger partial charge in [-0.25, -0.2) is 0 Å². The predicted octanol–water partition coefficient (Wildman–Crippen LogP) is 4.49. The number of carbonyl (C=O) groups is 1. The summed E-state index contributed by atoms with van der Waals surface area (Å²) < 4.78 is 49.6. The lowest BCUT2D eigenvalue weighted by Gasteiger charge is -2.20. The SMILES string of the molecule is O=C(Nc1cc2c(cc1Br)OCCO2)c1cccc(C(F)(F)F)c1. The number of halogens is 4. The molecule has 0 aromatic heterocycles. The third-order valence-corrected chi connectivity index (χ3v) is 3.99. The van der Waals surface area contributed by atoms with Crippen LogP contribution in [-0.2, 0) is 6.18 Å². The van der Waals surface area contributed by atoms with Crippen molar-refractivity contribution in [2.45, 2.75) is 6.18 Å². The third kappa shape index (κ3) is 3.48. The molecule has 1 amide bonds. The van der Waals surface area contributed by atoms with Gasteiger partial charge >= 0.3 is 6.18 Å². The van der Waals surface area contributed by atoms with E-state index in [0.29, 0.717) is 34.9 Å². The van der Waals surface area contributed by atoms with Crippen LogP contribution in [0, 0.1) is 0 Å². The Morgan fingerprint density at radius 1 is 1.08 bits per heavy atom. The lowest BCUT2D eigenvalue weighted by atomic mass is 10.1. The number of amides is 1. The van der Waals surface area contributed by atoms with Crippen LogP contribution in [0.5, 0.6) is 11.5 Å². The lowest BCUT2D eigenvalue weighted by Crippen LogP contribution is -2.17. The topological polar surface area (TPSA) is 47.6 Å². The molecule has 0 fully saturated rings. The van der Waals surface area contributed by atoms with Gasteiger partial charge in [0, 0.05) is 22.2 Å². The number of carbonyl (C=O) groups excluding carboxylic acids is 1. The number of rotatable bonds is 2. The number of anilines is 1. The molecule has 1 N–H and O–H groups in total. The summed E-state index contributed by atoms with van der Waals surface area (Å²) in [5, 5.41) is 2.57. The summed E-state index contributed by atoms with van der Waals surface area (Å²) in [5.41, 5.74) is -0.593. The van der Waals surface area contributed by atoms with Gasteiger partial charge in [-0.2, -0.15) is 13.2 Å². The quantitative estimate of drug-likeness (QED) is 0.806. The van der Waals surface area contributed by atoms with E-state index in [1.807, 2.05) is 0 Å². The van der Waals surface area contributed by atoms with Crippen LogP contribution in [0.2, 0.25) is 0 Å². The van der Waals surface area contributed by atoms with Gasteiger partial charge in [-0.05, 0) is 34.1 Å². The Morgan fingerprint density at radius 2 is 1.75 bits per heavy atom. The van der Waals surface area contributed by atoms with Gasteiger partial charge in [-0.3, -0.25) is 4.79 Å². The number of hydrogen-bond acceptors (Lipinski definition) is 3. The molecule has 0 spiro atoms. The fourth-order valence-electron chi connectivity index (χ4n) is 2.19. The standard InChI is InChI=1S/C16H11BrF3NO3/c17-11-7-13-14(24-5-4-23-13)8-12(11)21-15(22)9-2-1-3-10(6-9)16(18,19)20/h1-3,6-8H,4-5H2,(H,21,22). The highest BCUT2D eigenvalue weighted by Crippen LogP contribution is 2.38. The average Bonchev–Trinajstić information content (AvgIpc) is 2.55. The molecule has 3 rings (SSSR count). The normalized spacial score (nSPS) is 13.5. The van der Waals surface area contributed by atoms with E-state index in [4.69, 9.17) is 9.47 Å². The van der Waals surface area contributed by atoms with Crippen LogP contribution in [0.4, 0.5) is 18.9 Å². The molecule has 0 saturated heterocycles. The Kier molecular flexibility index (Phi) is 4.40. The van der Waals surface area contributed by atoms with Crippen LogP contribution in [0.15, 0.2) is 40.9 Å². The Bertz CT molecular complexity index is 793. The van der Waals surface area contributed by atoms with Gasteiger partial charge in [-0.1, -0.05) is 6.07 Å². The summed E-state index contributed by atoms with van der Waals surface area (Å²) in [7, 11) is 0. The number of nitrogens with one attached hydrogen (secondary N) is 1. The maximum atomic E-state index is 12.7. The molecule has 0 aliphatic carbocycles. The van der Waals surface area contributed by atoms with Crippen LogP contribution in [0.1, 0.15) is 15.9 Å². The Balaban J connectivity index is 1.85. The van der Waals surface area contributed by atoms with Crippen molar-refractivity contribution in [1.82, 2.24) is 0 Å². The van der Waals surface area contributed by atoms with Crippen LogP contribution >= 0.6 is 15.9 Å². The second kappa shape index (κ2) is 6.35. The second-order valence-electron chi connectivity index (χ2n) is 5.01. The number of ether oxygens (including phenoxy) is 2. The van der Waals surface area contributed by atoms with Gasteiger partial charge in [0.05, 0.1) is 11.3 Å². The molecule has 1 aliphatic heterocycles. The van der Waals surface area contributed by atoms with E-state index in [1.54, 1.807) is 12.1 Å². The molecule has 2 aromatic carbocycles. The molecule has 0 radical (unpaired) electrons. The monoisotopic (exact) mass is 401 g/mol. The van der Waals surface area contributed by atoms with E-state index in [0.717, 1.165) is 12.1 Å². The Hall–Kier alpha value is -2.22. The first-order valence-electron chi connectivity index (χ1n) is 6.92. The highest BCUT2D eigenvalue weighted by Gasteiger charge is 2.31. The van der Waals surface area contributed by atoms with Crippen molar-refractivity contribution < 1.29 is 27.4 Å². The van der Waals surface area contributed by atoms with E-state index in [2.05, 4.69) is 21.2 Å². The largest absolute Gasteiger partial charge is 0.486 e. The van der Waals surface area contributed by atoms with Crippen LogP contribution in [0.3, 0.4) is 0 Å². The Labute approximate surface area is 143 Å². The molecular formula is C16H11BrF3NO3. The van der Waals surface area contributed by atoms with Gasteiger partial charge in [0.2, 0.25) is 0 Å². The summed E-state index contributed by atoms with van der Waals surface area (Å²) in [6, 6.07) is 7.42. The van der Waals surface area contributed by atoms with Gasteiger partial charge in [0.25, 0.3) is 5.91 Å². The molecule has 126 valence electrons. The lowest BCUT2D eigenvalue weighted by molar-refractivity contribution is -0.137. The zero-order chi connectivity index (χ0) is 17.3. The van der Waals surface area contributed by atoms with Gasteiger partial charge < -0.3 is 14.8 Å². The molecule has 1 heterocycles. The van der Waals surface area contributed by atoms with E-state index in [9.17, 15) is 18.0 Å². The minimum Gasteiger partial charge on any atom is -0.486 e. The fourth-order valence-corrected chi connectivity index (χ4v) is 2.61. The minimum absolute atomic E-state index is 0.0911. The molecule has 2 aromatic rings. The summed E-state index contributed by atoms with van der Waals surface area (Å²) in [6.45, 7) is 0.811. The molecule has 8 heteroatoms. The van der Waals surface area contributed by atoms with E-state index >= 15 is 0 Å². The molecule has 0 unspecified atom stereocenters. The van der Waals surface area contributed by atoms with Crippen molar-refractivity contribution in [1.29, 1.82) is 0 Å². The molecule has 4 nitrogen and oxygen atoms in total. The number of alkyl halides is 3. The van der Waals surface area contributed by atoms with Crippen molar-refractivity contribution in [3.63, 3.8) is 0 Å². The van der Waals surface area contributed by atoms with Gasteiger partial charge in [0.15, 0.2) is 11.5 Å². The predicted molar refractivity (Wildman–Crippen MR) is 84.5 cm³/mol. The zero-order valence-corrected chi connectivity index (χ0v) is 13.7. The second-order valence-corrected chi connectivity index (χ2v) is 5.86. The van der Waals surface area contributed by atoms with Crippen LogP contribution < -0.4 is 14.8 Å². The molecule has 1 aliphatic rings. The number of hydrogen-bond donors (Lipinski definition) is 1. The van der Waals surface area contributed by atoms with Crippen molar-refractivity contribution in [2.75, 3.05) is 18.5 Å². The molecule has 0 bridgehead atoms. The number of benzene rings is 2. The van der Waals surface area contributed by atoms with Crippen molar-refractivity contribution in [3.8, 4) is 11.5 Å². The van der Waals surface area contributed by atoms with E-state index < -0.39 is 17.6 Å². The molecular weight excluding hydrogens is 391 g/mol. The fraction of sp³-hybridized carbons (Fsp3) is 0.188.